The van der Waals surface area contributed by atoms with Gasteiger partial charge in [-0.25, -0.2) is 8.78 Å². The van der Waals surface area contributed by atoms with Gasteiger partial charge in [0.25, 0.3) is 5.91 Å². The molecule has 136 valence electrons. The molecule has 0 aromatic heterocycles. The highest BCUT2D eigenvalue weighted by Gasteiger charge is 2.28. The summed E-state index contributed by atoms with van der Waals surface area (Å²) in [6.07, 6.45) is 1.07. The monoisotopic (exact) mass is 358 g/mol. The second-order valence-electron chi connectivity index (χ2n) is 6.52. The summed E-state index contributed by atoms with van der Waals surface area (Å²) >= 11 is 0. The molecule has 3 rings (SSSR count). The SMILES string of the molecule is Cc1ccc(F)cc1NC(=O)C1CCN(C(=O)c2ccc(F)cc2)CC1. The van der Waals surface area contributed by atoms with Crippen LogP contribution in [0, 0.1) is 24.5 Å². The molecule has 6 heteroatoms. The number of likely N-dealkylation sites (tertiary alicyclic amines) is 1. The van der Waals surface area contributed by atoms with Crippen LogP contribution in [0.15, 0.2) is 42.5 Å². The Balaban J connectivity index is 1.57. The van der Waals surface area contributed by atoms with Crippen molar-refractivity contribution >= 4 is 17.5 Å². The molecule has 4 nitrogen and oxygen atoms in total. The van der Waals surface area contributed by atoms with Gasteiger partial charge >= 0.3 is 0 Å². The Bertz CT molecular complexity index is 813. The molecule has 1 N–H and O–H groups in total. The van der Waals surface area contributed by atoms with Gasteiger partial charge in [0.1, 0.15) is 11.6 Å². The van der Waals surface area contributed by atoms with E-state index in [2.05, 4.69) is 5.32 Å². The van der Waals surface area contributed by atoms with Crippen molar-refractivity contribution in [1.29, 1.82) is 0 Å². The van der Waals surface area contributed by atoms with E-state index in [-0.39, 0.29) is 23.5 Å². The Morgan fingerprint density at radius 2 is 1.62 bits per heavy atom. The molecule has 0 saturated carbocycles. The quantitative estimate of drug-likeness (QED) is 0.908. The molecular formula is C20H20F2N2O2. The van der Waals surface area contributed by atoms with Crippen LogP contribution >= 0.6 is 0 Å². The number of amides is 2. The average molecular weight is 358 g/mol. The maximum absolute atomic E-state index is 13.3. The van der Waals surface area contributed by atoms with E-state index in [0.29, 0.717) is 37.2 Å². The third kappa shape index (κ3) is 4.07. The molecule has 0 aliphatic carbocycles. The van der Waals surface area contributed by atoms with Crippen molar-refractivity contribution in [3.8, 4) is 0 Å². The van der Waals surface area contributed by atoms with Crippen molar-refractivity contribution in [2.75, 3.05) is 18.4 Å². The molecule has 0 atom stereocenters. The summed E-state index contributed by atoms with van der Waals surface area (Å²) < 4.78 is 26.3. The van der Waals surface area contributed by atoms with Crippen molar-refractivity contribution in [3.63, 3.8) is 0 Å². The summed E-state index contributed by atoms with van der Waals surface area (Å²) in [4.78, 5) is 26.5. The van der Waals surface area contributed by atoms with Gasteiger partial charge in [-0.3, -0.25) is 9.59 Å². The molecule has 0 spiro atoms. The van der Waals surface area contributed by atoms with E-state index in [9.17, 15) is 18.4 Å². The minimum absolute atomic E-state index is 0.160. The number of nitrogens with one attached hydrogen (secondary N) is 1. The van der Waals surface area contributed by atoms with E-state index in [0.717, 1.165) is 5.56 Å². The lowest BCUT2D eigenvalue weighted by Gasteiger charge is -2.31. The molecule has 1 heterocycles. The number of nitrogens with zero attached hydrogens (tertiary/aromatic N) is 1. The Kier molecular flexibility index (Phi) is 5.30. The first-order valence-electron chi connectivity index (χ1n) is 8.56. The molecule has 2 amide bonds. The van der Waals surface area contributed by atoms with Gasteiger partial charge in [-0.15, -0.1) is 0 Å². The van der Waals surface area contributed by atoms with Crippen molar-refractivity contribution in [1.82, 2.24) is 4.90 Å². The minimum Gasteiger partial charge on any atom is -0.339 e. The van der Waals surface area contributed by atoms with Crippen LogP contribution in [0.4, 0.5) is 14.5 Å². The number of rotatable bonds is 3. The van der Waals surface area contributed by atoms with Crippen LogP contribution < -0.4 is 5.32 Å². The molecule has 1 fully saturated rings. The van der Waals surface area contributed by atoms with E-state index in [1.807, 2.05) is 0 Å². The first kappa shape index (κ1) is 18.0. The first-order chi connectivity index (χ1) is 12.4. The summed E-state index contributed by atoms with van der Waals surface area (Å²) in [6.45, 7) is 2.71. The molecule has 2 aromatic carbocycles. The molecule has 0 unspecified atom stereocenters. The number of piperidine rings is 1. The van der Waals surface area contributed by atoms with Crippen LogP contribution in [-0.2, 0) is 4.79 Å². The van der Waals surface area contributed by atoms with Crippen LogP contribution in [-0.4, -0.2) is 29.8 Å². The lowest BCUT2D eigenvalue weighted by Crippen LogP contribution is -2.41. The lowest BCUT2D eigenvalue weighted by molar-refractivity contribution is -0.121. The predicted octanol–water partition coefficient (Wildman–Crippen LogP) is 3.76. The van der Waals surface area contributed by atoms with Crippen molar-refractivity contribution in [2.24, 2.45) is 5.92 Å². The van der Waals surface area contributed by atoms with Crippen LogP contribution in [0.25, 0.3) is 0 Å². The smallest absolute Gasteiger partial charge is 0.253 e. The number of carbonyl (C=O) groups excluding carboxylic acids is 2. The van der Waals surface area contributed by atoms with Gasteiger partial charge in [0.15, 0.2) is 0 Å². The number of anilines is 1. The highest BCUT2D eigenvalue weighted by Crippen LogP contribution is 2.23. The fourth-order valence-corrected chi connectivity index (χ4v) is 3.08. The fourth-order valence-electron chi connectivity index (χ4n) is 3.08. The standard InChI is InChI=1S/C20H20F2N2O2/c1-13-2-5-17(22)12-18(13)23-19(25)14-8-10-24(11-9-14)20(26)15-3-6-16(21)7-4-15/h2-7,12,14H,8-11H2,1H3,(H,23,25). The first-order valence-corrected chi connectivity index (χ1v) is 8.56. The van der Waals surface area contributed by atoms with E-state index >= 15 is 0 Å². The topological polar surface area (TPSA) is 49.4 Å². The maximum atomic E-state index is 13.3. The zero-order valence-electron chi connectivity index (χ0n) is 14.5. The summed E-state index contributed by atoms with van der Waals surface area (Å²) in [6, 6.07) is 9.72. The van der Waals surface area contributed by atoms with Gasteiger partial charge in [0, 0.05) is 30.3 Å². The summed E-state index contributed by atoms with van der Waals surface area (Å²) in [7, 11) is 0. The number of hydrogen-bond acceptors (Lipinski definition) is 2. The van der Waals surface area contributed by atoms with Gasteiger partial charge in [-0.1, -0.05) is 6.07 Å². The van der Waals surface area contributed by atoms with Crippen molar-refractivity contribution in [3.05, 3.63) is 65.2 Å². The van der Waals surface area contributed by atoms with E-state index in [1.165, 1.54) is 36.4 Å². The van der Waals surface area contributed by atoms with Gasteiger partial charge in [-0.05, 0) is 61.7 Å². The van der Waals surface area contributed by atoms with Crippen LogP contribution in [0.1, 0.15) is 28.8 Å². The lowest BCUT2D eigenvalue weighted by atomic mass is 9.95. The van der Waals surface area contributed by atoms with Gasteiger partial charge in [0.05, 0.1) is 0 Å². The van der Waals surface area contributed by atoms with Gasteiger partial charge in [-0.2, -0.15) is 0 Å². The molecule has 1 aliphatic rings. The number of benzene rings is 2. The van der Waals surface area contributed by atoms with Crippen molar-refractivity contribution in [2.45, 2.75) is 19.8 Å². The number of carbonyl (C=O) groups is 2. The Morgan fingerprint density at radius 3 is 2.27 bits per heavy atom. The number of halogens is 2. The third-order valence-corrected chi connectivity index (χ3v) is 4.70. The summed E-state index contributed by atoms with van der Waals surface area (Å²) in [5, 5.41) is 2.78. The normalized spacial score (nSPS) is 15.0. The highest BCUT2D eigenvalue weighted by atomic mass is 19.1. The van der Waals surface area contributed by atoms with E-state index in [1.54, 1.807) is 17.9 Å². The zero-order chi connectivity index (χ0) is 18.7. The Hall–Kier alpha value is -2.76. The summed E-state index contributed by atoms with van der Waals surface area (Å²) in [5.41, 5.74) is 1.70. The van der Waals surface area contributed by atoms with Gasteiger partial charge < -0.3 is 10.2 Å². The number of hydrogen-bond donors (Lipinski definition) is 1. The Morgan fingerprint density at radius 1 is 1.00 bits per heavy atom. The van der Waals surface area contributed by atoms with Crippen LogP contribution in [0.2, 0.25) is 0 Å². The van der Waals surface area contributed by atoms with Crippen LogP contribution in [0.3, 0.4) is 0 Å². The molecule has 26 heavy (non-hydrogen) atoms. The molecule has 0 bridgehead atoms. The fraction of sp³-hybridized carbons (Fsp3) is 0.300. The van der Waals surface area contributed by atoms with Crippen LogP contribution in [0.5, 0.6) is 0 Å². The molecule has 1 aliphatic heterocycles. The third-order valence-electron chi connectivity index (χ3n) is 4.70. The van der Waals surface area contributed by atoms with Gasteiger partial charge in [0.2, 0.25) is 5.91 Å². The maximum Gasteiger partial charge on any atom is 0.253 e. The average Bonchev–Trinajstić information content (AvgIpc) is 2.65. The van der Waals surface area contributed by atoms with Crippen molar-refractivity contribution < 1.29 is 18.4 Å². The second kappa shape index (κ2) is 7.64. The molecule has 1 saturated heterocycles. The molecular weight excluding hydrogens is 338 g/mol. The Labute approximate surface area is 150 Å². The summed E-state index contributed by atoms with van der Waals surface area (Å²) in [5.74, 6) is -1.33. The molecule has 2 aromatic rings. The predicted molar refractivity (Wildman–Crippen MR) is 94.8 cm³/mol. The van der Waals surface area contributed by atoms with E-state index < -0.39 is 5.82 Å². The molecule has 0 radical (unpaired) electrons. The minimum atomic E-state index is -0.398. The second-order valence-corrected chi connectivity index (χ2v) is 6.52. The van der Waals surface area contributed by atoms with E-state index in [4.69, 9.17) is 0 Å². The zero-order valence-corrected chi connectivity index (χ0v) is 14.5. The highest BCUT2D eigenvalue weighted by molar-refractivity contribution is 5.95. The number of aryl methyl sites for hydroxylation is 1. The largest absolute Gasteiger partial charge is 0.339 e.